The fraction of sp³-hybridized carbons (Fsp3) is 0.300. The first kappa shape index (κ1) is 19.3. The summed E-state index contributed by atoms with van der Waals surface area (Å²) in [6, 6.07) is 11.7. The van der Waals surface area contributed by atoms with E-state index < -0.39 is 0 Å². The minimum Gasteiger partial charge on any atom is -0.493 e. The third-order valence-electron chi connectivity index (χ3n) is 3.81. The highest BCUT2D eigenvalue weighted by molar-refractivity contribution is 6.05. The second-order valence-corrected chi connectivity index (χ2v) is 5.68. The van der Waals surface area contributed by atoms with Crippen molar-refractivity contribution in [1.82, 2.24) is 5.32 Å². The molecular weight excluding hydrogens is 332 g/mol. The number of rotatable bonds is 8. The largest absolute Gasteiger partial charge is 0.493 e. The second-order valence-electron chi connectivity index (χ2n) is 5.68. The molecule has 0 radical (unpaired) electrons. The number of hydrogen-bond acceptors (Lipinski definition) is 4. The average molecular weight is 356 g/mol. The maximum atomic E-state index is 12.4. The summed E-state index contributed by atoms with van der Waals surface area (Å²) in [7, 11) is 3.11. The monoisotopic (exact) mass is 356 g/mol. The Labute approximate surface area is 153 Å². The van der Waals surface area contributed by atoms with Gasteiger partial charge in [-0.05, 0) is 48.9 Å². The van der Waals surface area contributed by atoms with Gasteiger partial charge in [0.05, 0.1) is 13.7 Å². The first-order valence-corrected chi connectivity index (χ1v) is 8.53. The number of anilines is 1. The van der Waals surface area contributed by atoms with Crippen LogP contribution in [0.1, 0.15) is 40.5 Å². The topological polar surface area (TPSA) is 76.7 Å². The van der Waals surface area contributed by atoms with Crippen molar-refractivity contribution in [3.05, 3.63) is 53.6 Å². The van der Waals surface area contributed by atoms with E-state index in [4.69, 9.17) is 9.47 Å². The van der Waals surface area contributed by atoms with Crippen LogP contribution in [0.2, 0.25) is 0 Å². The molecule has 2 aromatic carbocycles. The first-order valence-electron chi connectivity index (χ1n) is 8.53. The average Bonchev–Trinajstić information content (AvgIpc) is 2.68. The van der Waals surface area contributed by atoms with Crippen LogP contribution in [0.25, 0.3) is 0 Å². The Hall–Kier alpha value is -3.02. The van der Waals surface area contributed by atoms with Gasteiger partial charge in [0.15, 0.2) is 11.5 Å². The zero-order chi connectivity index (χ0) is 18.9. The third-order valence-corrected chi connectivity index (χ3v) is 3.81. The normalized spacial score (nSPS) is 10.1. The Morgan fingerprint density at radius 1 is 0.962 bits per heavy atom. The van der Waals surface area contributed by atoms with Crippen molar-refractivity contribution in [2.24, 2.45) is 0 Å². The number of nitrogens with one attached hydrogen (secondary N) is 2. The zero-order valence-corrected chi connectivity index (χ0v) is 15.3. The molecule has 0 aromatic heterocycles. The van der Waals surface area contributed by atoms with E-state index in [0.29, 0.717) is 34.9 Å². The van der Waals surface area contributed by atoms with Gasteiger partial charge in [0.1, 0.15) is 0 Å². The van der Waals surface area contributed by atoms with Crippen molar-refractivity contribution in [2.75, 3.05) is 26.1 Å². The number of benzene rings is 2. The summed E-state index contributed by atoms with van der Waals surface area (Å²) in [4.78, 5) is 24.0. The highest BCUT2D eigenvalue weighted by Crippen LogP contribution is 2.28. The summed E-state index contributed by atoms with van der Waals surface area (Å²) in [6.45, 7) is 2.70. The number of methoxy groups -OCH3 is 1. The zero-order valence-electron chi connectivity index (χ0n) is 15.3. The Kier molecular flexibility index (Phi) is 7.02. The Balaban J connectivity index is 2.07. The van der Waals surface area contributed by atoms with Gasteiger partial charge >= 0.3 is 0 Å². The van der Waals surface area contributed by atoms with Crippen LogP contribution < -0.4 is 20.1 Å². The summed E-state index contributed by atoms with van der Waals surface area (Å²) >= 11 is 0. The molecule has 2 rings (SSSR count). The molecule has 0 fully saturated rings. The lowest BCUT2D eigenvalue weighted by molar-refractivity contribution is 0.0962. The van der Waals surface area contributed by atoms with E-state index in [0.717, 1.165) is 12.8 Å². The van der Waals surface area contributed by atoms with Gasteiger partial charge in [-0.1, -0.05) is 13.3 Å². The lowest BCUT2D eigenvalue weighted by Crippen LogP contribution is -2.18. The predicted octanol–water partition coefficient (Wildman–Crippen LogP) is 3.49. The summed E-state index contributed by atoms with van der Waals surface area (Å²) < 4.78 is 11.0. The smallest absolute Gasteiger partial charge is 0.255 e. The molecule has 0 unspecified atom stereocenters. The Morgan fingerprint density at radius 2 is 1.65 bits per heavy atom. The quantitative estimate of drug-likeness (QED) is 0.710. The van der Waals surface area contributed by atoms with E-state index in [-0.39, 0.29) is 11.8 Å². The molecule has 26 heavy (non-hydrogen) atoms. The molecule has 0 aliphatic heterocycles. The van der Waals surface area contributed by atoms with E-state index in [9.17, 15) is 9.59 Å². The summed E-state index contributed by atoms with van der Waals surface area (Å²) in [5, 5.41) is 5.35. The van der Waals surface area contributed by atoms with E-state index in [1.54, 1.807) is 56.6 Å². The van der Waals surface area contributed by atoms with Crippen molar-refractivity contribution >= 4 is 17.5 Å². The molecule has 0 heterocycles. The van der Waals surface area contributed by atoms with Crippen LogP contribution in [0, 0.1) is 0 Å². The summed E-state index contributed by atoms with van der Waals surface area (Å²) in [6.07, 6.45) is 2.00. The van der Waals surface area contributed by atoms with Crippen LogP contribution in [0.4, 0.5) is 5.69 Å². The fourth-order valence-electron chi connectivity index (χ4n) is 2.31. The van der Waals surface area contributed by atoms with Crippen LogP contribution in [0.3, 0.4) is 0 Å². The molecule has 0 atom stereocenters. The van der Waals surface area contributed by atoms with Crippen LogP contribution in [0.5, 0.6) is 11.5 Å². The minimum atomic E-state index is -0.267. The van der Waals surface area contributed by atoms with Crippen molar-refractivity contribution in [2.45, 2.75) is 19.8 Å². The summed E-state index contributed by atoms with van der Waals surface area (Å²) in [5.74, 6) is 0.693. The molecule has 6 heteroatoms. The molecule has 2 amide bonds. The van der Waals surface area contributed by atoms with E-state index >= 15 is 0 Å². The highest BCUT2D eigenvalue weighted by Gasteiger charge is 2.12. The number of carbonyl (C=O) groups is 2. The number of hydrogen-bond donors (Lipinski definition) is 2. The Morgan fingerprint density at radius 3 is 2.27 bits per heavy atom. The van der Waals surface area contributed by atoms with E-state index in [1.807, 2.05) is 0 Å². The van der Waals surface area contributed by atoms with Crippen molar-refractivity contribution in [3.63, 3.8) is 0 Å². The molecule has 0 saturated heterocycles. The maximum Gasteiger partial charge on any atom is 0.255 e. The van der Waals surface area contributed by atoms with Gasteiger partial charge in [-0.3, -0.25) is 9.59 Å². The molecule has 0 aliphatic rings. The fourth-order valence-corrected chi connectivity index (χ4v) is 2.31. The molecule has 138 valence electrons. The van der Waals surface area contributed by atoms with Gasteiger partial charge in [-0.25, -0.2) is 0 Å². The molecular formula is C20H24N2O4. The van der Waals surface area contributed by atoms with E-state index in [2.05, 4.69) is 17.6 Å². The van der Waals surface area contributed by atoms with Gasteiger partial charge in [-0.15, -0.1) is 0 Å². The highest BCUT2D eigenvalue weighted by atomic mass is 16.5. The first-order chi connectivity index (χ1) is 12.6. The number of unbranched alkanes of at least 4 members (excludes halogenated alkanes) is 1. The molecule has 6 nitrogen and oxygen atoms in total. The molecule has 0 saturated carbocycles. The number of amides is 2. The lowest BCUT2D eigenvalue weighted by Gasteiger charge is -2.12. The molecule has 0 bridgehead atoms. The summed E-state index contributed by atoms with van der Waals surface area (Å²) in [5.41, 5.74) is 1.59. The minimum absolute atomic E-state index is 0.175. The van der Waals surface area contributed by atoms with Crippen LogP contribution in [-0.4, -0.2) is 32.6 Å². The lowest BCUT2D eigenvalue weighted by atomic mass is 10.1. The molecule has 2 aromatic rings. The van der Waals surface area contributed by atoms with Crippen molar-refractivity contribution in [1.29, 1.82) is 0 Å². The van der Waals surface area contributed by atoms with Crippen LogP contribution in [-0.2, 0) is 0 Å². The van der Waals surface area contributed by atoms with Gasteiger partial charge < -0.3 is 20.1 Å². The standard InChI is InChI=1S/C20H24N2O4/c1-4-5-12-26-17-11-8-15(13-18(17)25-3)20(24)22-16-9-6-14(7-10-16)19(23)21-2/h6-11,13H,4-5,12H2,1-3H3,(H,21,23)(H,22,24). The van der Waals surface area contributed by atoms with Gasteiger partial charge in [0, 0.05) is 23.9 Å². The number of carbonyl (C=O) groups excluding carboxylic acids is 2. The van der Waals surface area contributed by atoms with E-state index in [1.165, 1.54) is 0 Å². The SMILES string of the molecule is CCCCOc1ccc(C(=O)Nc2ccc(C(=O)NC)cc2)cc1OC. The third kappa shape index (κ3) is 4.99. The van der Waals surface area contributed by atoms with Gasteiger partial charge in [0.2, 0.25) is 0 Å². The number of ether oxygens (including phenoxy) is 2. The maximum absolute atomic E-state index is 12.4. The van der Waals surface area contributed by atoms with Crippen molar-refractivity contribution in [3.8, 4) is 11.5 Å². The predicted molar refractivity (Wildman–Crippen MR) is 101 cm³/mol. The van der Waals surface area contributed by atoms with Crippen molar-refractivity contribution < 1.29 is 19.1 Å². The van der Waals surface area contributed by atoms with Crippen LogP contribution in [0.15, 0.2) is 42.5 Å². The molecule has 2 N–H and O–H groups in total. The second kappa shape index (κ2) is 9.46. The molecule has 0 spiro atoms. The van der Waals surface area contributed by atoms with Gasteiger partial charge in [0.25, 0.3) is 11.8 Å². The Bertz CT molecular complexity index is 757. The van der Waals surface area contributed by atoms with Gasteiger partial charge in [-0.2, -0.15) is 0 Å². The molecule has 0 aliphatic carbocycles. The van der Waals surface area contributed by atoms with Crippen LogP contribution >= 0.6 is 0 Å².